The van der Waals surface area contributed by atoms with Crippen LogP contribution in [0, 0.1) is 6.92 Å². The zero-order valence-corrected chi connectivity index (χ0v) is 9.68. The first-order valence-electron chi connectivity index (χ1n) is 5.77. The second kappa shape index (κ2) is 3.92. The molecule has 17 heavy (non-hydrogen) atoms. The Morgan fingerprint density at radius 1 is 1.41 bits per heavy atom. The number of hydrogen-bond acceptors (Lipinski definition) is 5. The minimum Gasteiger partial charge on any atom is -0.361 e. The Labute approximate surface area is 99.1 Å². The minimum absolute atomic E-state index is 0.430. The highest BCUT2D eigenvalue weighted by Crippen LogP contribution is 2.38. The van der Waals surface area contributed by atoms with E-state index in [-0.39, 0.29) is 0 Å². The zero-order valence-electron chi connectivity index (χ0n) is 9.68. The van der Waals surface area contributed by atoms with Crippen LogP contribution < -0.4 is 5.73 Å². The van der Waals surface area contributed by atoms with E-state index in [0.29, 0.717) is 12.5 Å². The third-order valence-corrected chi connectivity index (χ3v) is 2.97. The van der Waals surface area contributed by atoms with Crippen molar-refractivity contribution in [2.24, 2.45) is 5.73 Å². The molecule has 1 saturated carbocycles. The molecule has 2 heterocycles. The van der Waals surface area contributed by atoms with Gasteiger partial charge in [0.25, 0.3) is 0 Å². The summed E-state index contributed by atoms with van der Waals surface area (Å²) < 4.78 is 5.07. The van der Waals surface area contributed by atoms with E-state index in [1.807, 2.05) is 13.0 Å². The molecule has 0 spiro atoms. The lowest BCUT2D eigenvalue weighted by Crippen LogP contribution is -2.05. The van der Waals surface area contributed by atoms with E-state index in [9.17, 15) is 0 Å². The van der Waals surface area contributed by atoms with Crippen LogP contribution in [0.5, 0.6) is 0 Å². The molecule has 0 amide bonds. The standard InChI is InChI=1S/C12H14N4O/c1-7-10(6-14-17-7)11-4-9(5-13)15-12(16-11)8-2-3-8/h4,6,8H,2-3,5,13H2,1H3. The van der Waals surface area contributed by atoms with Crippen molar-refractivity contribution in [2.75, 3.05) is 0 Å². The molecular formula is C12H14N4O. The van der Waals surface area contributed by atoms with Crippen LogP contribution in [0.1, 0.15) is 36.0 Å². The van der Waals surface area contributed by atoms with Crippen molar-refractivity contribution >= 4 is 0 Å². The lowest BCUT2D eigenvalue weighted by Gasteiger charge is -2.05. The van der Waals surface area contributed by atoms with Crippen molar-refractivity contribution in [3.8, 4) is 11.3 Å². The van der Waals surface area contributed by atoms with E-state index < -0.39 is 0 Å². The monoisotopic (exact) mass is 230 g/mol. The first-order valence-corrected chi connectivity index (χ1v) is 5.77. The predicted molar refractivity (Wildman–Crippen MR) is 62.1 cm³/mol. The van der Waals surface area contributed by atoms with Gasteiger partial charge in [-0.15, -0.1) is 0 Å². The number of nitrogens with two attached hydrogens (primary N) is 1. The molecule has 2 aromatic heterocycles. The summed E-state index contributed by atoms with van der Waals surface area (Å²) in [6.07, 6.45) is 4.04. The summed E-state index contributed by atoms with van der Waals surface area (Å²) in [7, 11) is 0. The summed E-state index contributed by atoms with van der Waals surface area (Å²) in [5.41, 5.74) is 8.33. The molecule has 1 fully saturated rings. The van der Waals surface area contributed by atoms with Crippen LogP contribution in [-0.2, 0) is 6.54 Å². The Morgan fingerprint density at radius 2 is 2.24 bits per heavy atom. The lowest BCUT2D eigenvalue weighted by atomic mass is 10.1. The Hall–Kier alpha value is -1.75. The summed E-state index contributed by atoms with van der Waals surface area (Å²) in [5, 5.41) is 3.78. The fourth-order valence-electron chi connectivity index (χ4n) is 1.83. The number of aromatic nitrogens is 3. The average Bonchev–Trinajstić information content (AvgIpc) is 3.11. The number of hydrogen-bond donors (Lipinski definition) is 1. The van der Waals surface area contributed by atoms with Crippen LogP contribution in [-0.4, -0.2) is 15.1 Å². The fraction of sp³-hybridized carbons (Fsp3) is 0.417. The molecule has 0 radical (unpaired) electrons. The lowest BCUT2D eigenvalue weighted by molar-refractivity contribution is 0.398. The fourth-order valence-corrected chi connectivity index (χ4v) is 1.83. The third-order valence-electron chi connectivity index (χ3n) is 2.97. The SMILES string of the molecule is Cc1oncc1-c1cc(CN)nc(C2CC2)n1. The van der Waals surface area contributed by atoms with E-state index >= 15 is 0 Å². The van der Waals surface area contributed by atoms with Gasteiger partial charge in [-0.2, -0.15) is 0 Å². The van der Waals surface area contributed by atoms with E-state index in [1.165, 1.54) is 12.8 Å². The normalized spacial score (nSPS) is 15.2. The second-order valence-corrected chi connectivity index (χ2v) is 4.38. The quantitative estimate of drug-likeness (QED) is 0.869. The van der Waals surface area contributed by atoms with E-state index in [1.54, 1.807) is 6.20 Å². The number of aryl methyl sites for hydroxylation is 1. The highest BCUT2D eigenvalue weighted by atomic mass is 16.5. The molecule has 0 bridgehead atoms. The summed E-state index contributed by atoms with van der Waals surface area (Å²) in [6, 6.07) is 1.91. The van der Waals surface area contributed by atoms with Crippen LogP contribution in [0.25, 0.3) is 11.3 Å². The Bertz CT molecular complexity index is 545. The van der Waals surface area contributed by atoms with Crippen molar-refractivity contribution in [1.82, 2.24) is 15.1 Å². The van der Waals surface area contributed by atoms with Crippen LogP contribution in [0.2, 0.25) is 0 Å². The molecule has 5 nitrogen and oxygen atoms in total. The number of rotatable bonds is 3. The molecule has 2 N–H and O–H groups in total. The van der Waals surface area contributed by atoms with E-state index in [4.69, 9.17) is 10.3 Å². The molecule has 0 unspecified atom stereocenters. The second-order valence-electron chi connectivity index (χ2n) is 4.38. The Kier molecular flexibility index (Phi) is 2.40. The smallest absolute Gasteiger partial charge is 0.143 e. The largest absolute Gasteiger partial charge is 0.361 e. The van der Waals surface area contributed by atoms with Gasteiger partial charge in [-0.05, 0) is 25.8 Å². The highest BCUT2D eigenvalue weighted by Gasteiger charge is 2.27. The van der Waals surface area contributed by atoms with Gasteiger partial charge in [0.2, 0.25) is 0 Å². The Morgan fingerprint density at radius 3 is 2.82 bits per heavy atom. The van der Waals surface area contributed by atoms with Gasteiger partial charge < -0.3 is 10.3 Å². The van der Waals surface area contributed by atoms with Crippen LogP contribution in [0.15, 0.2) is 16.8 Å². The maximum Gasteiger partial charge on any atom is 0.143 e. The maximum atomic E-state index is 5.67. The van der Waals surface area contributed by atoms with Gasteiger partial charge in [-0.1, -0.05) is 5.16 Å². The van der Waals surface area contributed by atoms with Gasteiger partial charge in [0.05, 0.1) is 23.1 Å². The van der Waals surface area contributed by atoms with E-state index in [2.05, 4.69) is 15.1 Å². The molecule has 5 heteroatoms. The van der Waals surface area contributed by atoms with Crippen LogP contribution in [0.3, 0.4) is 0 Å². The molecule has 0 aromatic carbocycles. The molecule has 1 aliphatic rings. The molecular weight excluding hydrogens is 216 g/mol. The molecule has 0 saturated heterocycles. The summed E-state index contributed by atoms with van der Waals surface area (Å²) in [4.78, 5) is 9.05. The molecule has 88 valence electrons. The first-order chi connectivity index (χ1) is 8.28. The minimum atomic E-state index is 0.430. The molecule has 1 aliphatic carbocycles. The van der Waals surface area contributed by atoms with Gasteiger partial charge in [0.15, 0.2) is 0 Å². The van der Waals surface area contributed by atoms with Crippen molar-refractivity contribution < 1.29 is 4.52 Å². The van der Waals surface area contributed by atoms with Gasteiger partial charge in [-0.25, -0.2) is 9.97 Å². The van der Waals surface area contributed by atoms with Crippen LogP contribution in [0.4, 0.5) is 0 Å². The van der Waals surface area contributed by atoms with Crippen LogP contribution >= 0.6 is 0 Å². The van der Waals surface area contributed by atoms with Gasteiger partial charge in [-0.3, -0.25) is 0 Å². The topological polar surface area (TPSA) is 77.8 Å². The first kappa shape index (κ1) is 10.4. The number of nitrogens with zero attached hydrogens (tertiary/aromatic N) is 3. The van der Waals surface area contributed by atoms with Crippen molar-refractivity contribution in [3.63, 3.8) is 0 Å². The predicted octanol–water partition coefficient (Wildman–Crippen LogP) is 1.78. The molecule has 0 atom stereocenters. The molecule has 0 aliphatic heterocycles. The zero-order chi connectivity index (χ0) is 11.8. The van der Waals surface area contributed by atoms with Crippen molar-refractivity contribution in [3.05, 3.63) is 29.5 Å². The average molecular weight is 230 g/mol. The summed E-state index contributed by atoms with van der Waals surface area (Å²) in [6.45, 7) is 2.31. The molecule has 3 rings (SSSR count). The Balaban J connectivity index is 2.09. The van der Waals surface area contributed by atoms with Crippen molar-refractivity contribution in [1.29, 1.82) is 0 Å². The molecule has 2 aromatic rings. The van der Waals surface area contributed by atoms with Gasteiger partial charge in [0.1, 0.15) is 11.6 Å². The summed E-state index contributed by atoms with van der Waals surface area (Å²) >= 11 is 0. The van der Waals surface area contributed by atoms with Gasteiger partial charge in [0, 0.05) is 12.5 Å². The van der Waals surface area contributed by atoms with E-state index in [0.717, 1.165) is 28.5 Å². The van der Waals surface area contributed by atoms with Gasteiger partial charge >= 0.3 is 0 Å². The maximum absolute atomic E-state index is 5.67. The summed E-state index contributed by atoms with van der Waals surface area (Å²) in [5.74, 6) is 2.19. The third kappa shape index (κ3) is 1.93. The van der Waals surface area contributed by atoms with Crippen molar-refractivity contribution in [2.45, 2.75) is 32.2 Å². The highest BCUT2D eigenvalue weighted by molar-refractivity contribution is 5.60.